The predicted octanol–water partition coefficient (Wildman–Crippen LogP) is 4.58. The monoisotopic (exact) mass is 446 g/mol. The van der Waals surface area contributed by atoms with Crippen molar-refractivity contribution in [3.63, 3.8) is 0 Å². The van der Waals surface area contributed by atoms with Crippen molar-refractivity contribution in [2.45, 2.75) is 13.3 Å². The SMILES string of the molecule is C=CCOc1c(Br)cc(/C=N/NC(=O)c2ccc(OCCC)cc2)cc1OC. The Hall–Kier alpha value is -2.80. The van der Waals surface area contributed by atoms with Crippen LogP contribution < -0.4 is 19.6 Å². The third-order valence-electron chi connectivity index (χ3n) is 3.57. The van der Waals surface area contributed by atoms with Gasteiger partial charge in [0.2, 0.25) is 0 Å². The van der Waals surface area contributed by atoms with E-state index in [0.717, 1.165) is 17.7 Å². The molecule has 0 fully saturated rings. The van der Waals surface area contributed by atoms with Gasteiger partial charge in [-0.15, -0.1) is 0 Å². The molecule has 0 bridgehead atoms. The molecule has 0 unspecified atom stereocenters. The Morgan fingerprint density at radius 3 is 2.64 bits per heavy atom. The largest absolute Gasteiger partial charge is 0.494 e. The summed E-state index contributed by atoms with van der Waals surface area (Å²) in [5, 5.41) is 4.01. The lowest BCUT2D eigenvalue weighted by molar-refractivity contribution is 0.0955. The number of hydrogen-bond donors (Lipinski definition) is 1. The zero-order valence-corrected chi connectivity index (χ0v) is 17.5. The molecule has 2 rings (SSSR count). The van der Waals surface area contributed by atoms with E-state index in [-0.39, 0.29) is 5.91 Å². The van der Waals surface area contributed by atoms with Gasteiger partial charge in [-0.1, -0.05) is 19.6 Å². The maximum absolute atomic E-state index is 12.2. The summed E-state index contributed by atoms with van der Waals surface area (Å²) in [6.07, 6.45) is 4.11. The molecule has 0 saturated carbocycles. The summed E-state index contributed by atoms with van der Waals surface area (Å²) in [5.74, 6) is 1.55. The van der Waals surface area contributed by atoms with Gasteiger partial charge in [-0.3, -0.25) is 4.79 Å². The molecular formula is C21H23BrN2O4. The topological polar surface area (TPSA) is 69.2 Å². The first-order chi connectivity index (χ1) is 13.6. The Bertz CT molecular complexity index is 835. The summed E-state index contributed by atoms with van der Waals surface area (Å²) in [4.78, 5) is 12.2. The predicted molar refractivity (Wildman–Crippen MR) is 114 cm³/mol. The quantitative estimate of drug-likeness (QED) is 0.329. The number of methoxy groups -OCH3 is 1. The molecule has 1 N–H and O–H groups in total. The molecule has 0 spiro atoms. The summed E-state index contributed by atoms with van der Waals surface area (Å²) < 4.78 is 17.1. The number of ether oxygens (including phenoxy) is 3. The van der Waals surface area contributed by atoms with E-state index in [1.54, 1.807) is 43.5 Å². The molecule has 0 saturated heterocycles. The van der Waals surface area contributed by atoms with Crippen LogP contribution in [0.15, 0.2) is 58.6 Å². The Morgan fingerprint density at radius 2 is 2.00 bits per heavy atom. The minimum atomic E-state index is -0.310. The Morgan fingerprint density at radius 1 is 1.25 bits per heavy atom. The number of amides is 1. The minimum Gasteiger partial charge on any atom is -0.494 e. The van der Waals surface area contributed by atoms with Crippen molar-refractivity contribution in [3.8, 4) is 17.2 Å². The molecular weight excluding hydrogens is 424 g/mol. The van der Waals surface area contributed by atoms with Crippen LogP contribution in [-0.4, -0.2) is 32.4 Å². The lowest BCUT2D eigenvalue weighted by Gasteiger charge is -2.12. The van der Waals surface area contributed by atoms with Crippen LogP contribution in [0.25, 0.3) is 0 Å². The normalized spacial score (nSPS) is 10.5. The summed E-state index contributed by atoms with van der Waals surface area (Å²) in [5.41, 5.74) is 3.73. The van der Waals surface area contributed by atoms with Gasteiger partial charge >= 0.3 is 0 Å². The molecule has 28 heavy (non-hydrogen) atoms. The van der Waals surface area contributed by atoms with E-state index in [4.69, 9.17) is 14.2 Å². The van der Waals surface area contributed by atoms with Gasteiger partial charge in [0.15, 0.2) is 11.5 Å². The molecule has 0 radical (unpaired) electrons. The van der Waals surface area contributed by atoms with Gasteiger partial charge in [0.1, 0.15) is 12.4 Å². The zero-order valence-electron chi connectivity index (χ0n) is 15.9. The van der Waals surface area contributed by atoms with Crippen molar-refractivity contribution in [1.29, 1.82) is 0 Å². The maximum atomic E-state index is 12.2. The second-order valence-electron chi connectivity index (χ2n) is 5.71. The number of hydrogen-bond acceptors (Lipinski definition) is 5. The summed E-state index contributed by atoms with van der Waals surface area (Å²) >= 11 is 3.45. The molecule has 148 valence electrons. The molecule has 1 amide bonds. The van der Waals surface area contributed by atoms with Crippen LogP contribution in [0.4, 0.5) is 0 Å². The van der Waals surface area contributed by atoms with Crippen molar-refractivity contribution >= 4 is 28.1 Å². The van der Waals surface area contributed by atoms with E-state index >= 15 is 0 Å². The molecule has 6 nitrogen and oxygen atoms in total. The number of carbonyl (C=O) groups is 1. The number of halogens is 1. The number of hydrazone groups is 1. The van der Waals surface area contributed by atoms with Gasteiger partial charge in [0, 0.05) is 5.56 Å². The third-order valence-corrected chi connectivity index (χ3v) is 4.16. The smallest absolute Gasteiger partial charge is 0.271 e. The van der Waals surface area contributed by atoms with Crippen LogP contribution in [0.2, 0.25) is 0 Å². The first-order valence-corrected chi connectivity index (χ1v) is 9.55. The molecule has 0 heterocycles. The number of rotatable bonds is 10. The number of carbonyl (C=O) groups excluding carboxylic acids is 1. The highest BCUT2D eigenvalue weighted by Crippen LogP contribution is 2.36. The third kappa shape index (κ3) is 6.13. The van der Waals surface area contributed by atoms with Gasteiger partial charge in [-0.05, 0) is 64.3 Å². The number of nitrogens with one attached hydrogen (secondary N) is 1. The van der Waals surface area contributed by atoms with Crippen molar-refractivity contribution < 1.29 is 19.0 Å². The molecule has 0 aliphatic heterocycles. The summed E-state index contributed by atoms with van der Waals surface area (Å²) in [6.45, 7) is 6.67. The Kier molecular flexibility index (Phi) is 8.55. The number of nitrogens with zero attached hydrogens (tertiary/aromatic N) is 1. The van der Waals surface area contributed by atoms with E-state index in [1.165, 1.54) is 6.21 Å². The fourth-order valence-corrected chi connectivity index (χ4v) is 2.82. The highest BCUT2D eigenvalue weighted by Gasteiger charge is 2.11. The minimum absolute atomic E-state index is 0.310. The van der Waals surface area contributed by atoms with E-state index in [2.05, 4.69) is 33.0 Å². The van der Waals surface area contributed by atoms with E-state index in [0.29, 0.717) is 34.7 Å². The van der Waals surface area contributed by atoms with Crippen LogP contribution in [0.5, 0.6) is 17.2 Å². The lowest BCUT2D eigenvalue weighted by atomic mass is 10.2. The highest BCUT2D eigenvalue weighted by molar-refractivity contribution is 9.10. The van der Waals surface area contributed by atoms with Crippen LogP contribution in [0, 0.1) is 0 Å². The first kappa shape index (κ1) is 21.5. The molecule has 0 aromatic heterocycles. The maximum Gasteiger partial charge on any atom is 0.271 e. The van der Waals surface area contributed by atoms with E-state index < -0.39 is 0 Å². The highest BCUT2D eigenvalue weighted by atomic mass is 79.9. The van der Waals surface area contributed by atoms with E-state index in [1.807, 2.05) is 13.0 Å². The van der Waals surface area contributed by atoms with Gasteiger partial charge in [0.05, 0.1) is 24.4 Å². The van der Waals surface area contributed by atoms with Crippen molar-refractivity contribution in [2.24, 2.45) is 5.10 Å². The van der Waals surface area contributed by atoms with Crippen molar-refractivity contribution in [2.75, 3.05) is 20.3 Å². The second-order valence-corrected chi connectivity index (χ2v) is 6.56. The molecule has 0 aliphatic rings. The fourth-order valence-electron chi connectivity index (χ4n) is 2.25. The van der Waals surface area contributed by atoms with Crippen LogP contribution in [-0.2, 0) is 0 Å². The summed E-state index contributed by atoms with van der Waals surface area (Å²) in [6, 6.07) is 10.5. The molecule has 2 aromatic carbocycles. The first-order valence-electron chi connectivity index (χ1n) is 8.76. The molecule has 0 atom stereocenters. The van der Waals surface area contributed by atoms with Gasteiger partial charge in [-0.2, -0.15) is 5.10 Å². The van der Waals surface area contributed by atoms with Gasteiger partial charge in [-0.25, -0.2) is 5.43 Å². The van der Waals surface area contributed by atoms with Gasteiger partial charge in [0.25, 0.3) is 5.91 Å². The lowest BCUT2D eigenvalue weighted by Crippen LogP contribution is -2.17. The second kappa shape index (κ2) is 11.1. The molecule has 0 aliphatic carbocycles. The fraction of sp³-hybridized carbons (Fsp3) is 0.238. The average molecular weight is 447 g/mol. The van der Waals surface area contributed by atoms with Crippen molar-refractivity contribution in [3.05, 3.63) is 64.7 Å². The Balaban J connectivity index is 2.02. The average Bonchev–Trinajstić information content (AvgIpc) is 2.71. The van der Waals surface area contributed by atoms with Crippen LogP contribution in [0.1, 0.15) is 29.3 Å². The molecule has 2 aromatic rings. The van der Waals surface area contributed by atoms with E-state index in [9.17, 15) is 4.79 Å². The molecule has 7 heteroatoms. The number of benzene rings is 2. The van der Waals surface area contributed by atoms with Crippen LogP contribution >= 0.6 is 15.9 Å². The van der Waals surface area contributed by atoms with Crippen LogP contribution in [0.3, 0.4) is 0 Å². The summed E-state index contributed by atoms with van der Waals surface area (Å²) in [7, 11) is 1.55. The van der Waals surface area contributed by atoms with Crippen molar-refractivity contribution in [1.82, 2.24) is 5.43 Å². The van der Waals surface area contributed by atoms with Gasteiger partial charge < -0.3 is 14.2 Å². The standard InChI is InChI=1S/C21H23BrN2O4/c1-4-10-27-17-8-6-16(7-9-17)21(25)24-23-14-15-12-18(22)20(28-11-5-2)19(13-15)26-3/h5-9,12-14H,2,4,10-11H2,1,3H3,(H,24,25)/b23-14+. The Labute approximate surface area is 173 Å². The zero-order chi connectivity index (χ0) is 20.4.